The van der Waals surface area contributed by atoms with Crippen LogP contribution in [0.3, 0.4) is 0 Å². The minimum absolute atomic E-state index is 0.149. The maximum atomic E-state index is 12.5. The van der Waals surface area contributed by atoms with Crippen molar-refractivity contribution in [1.82, 2.24) is 24.8 Å². The van der Waals surface area contributed by atoms with Crippen molar-refractivity contribution in [1.29, 1.82) is 0 Å². The molecule has 8 heteroatoms. The summed E-state index contributed by atoms with van der Waals surface area (Å²) in [5.41, 5.74) is 1.47. The highest BCUT2D eigenvalue weighted by Crippen LogP contribution is 2.12. The molecule has 1 aliphatic heterocycles. The predicted octanol–water partition coefficient (Wildman–Crippen LogP) is 0.465. The first-order valence-electron chi connectivity index (χ1n) is 8.58. The largest absolute Gasteiger partial charge is 0.352 e. The monoisotopic (exact) mass is 354 g/mol. The van der Waals surface area contributed by atoms with Gasteiger partial charge in [-0.25, -0.2) is 9.97 Å². The van der Waals surface area contributed by atoms with Crippen LogP contribution in [-0.2, 0) is 11.2 Å². The second-order valence-corrected chi connectivity index (χ2v) is 6.22. The molecule has 1 aliphatic rings. The topological polar surface area (TPSA) is 82.5 Å². The molecule has 0 saturated carbocycles. The van der Waals surface area contributed by atoms with Gasteiger partial charge in [0.15, 0.2) is 0 Å². The average Bonchev–Trinajstić information content (AvgIpc) is 2.72. The van der Waals surface area contributed by atoms with Crippen molar-refractivity contribution in [2.45, 2.75) is 6.42 Å². The van der Waals surface area contributed by atoms with E-state index in [0.717, 1.165) is 24.2 Å². The van der Waals surface area contributed by atoms with Crippen LogP contribution >= 0.6 is 0 Å². The van der Waals surface area contributed by atoms with Gasteiger partial charge in [-0.3, -0.25) is 14.6 Å². The summed E-state index contributed by atoms with van der Waals surface area (Å²) in [6.07, 6.45) is 8.27. The first-order valence-corrected chi connectivity index (χ1v) is 8.58. The number of hydrogen-bond donors (Lipinski definition) is 0. The molecule has 1 saturated heterocycles. The van der Waals surface area contributed by atoms with Crippen molar-refractivity contribution in [2.24, 2.45) is 0 Å². The van der Waals surface area contributed by atoms with Crippen molar-refractivity contribution >= 4 is 18.1 Å². The Balaban J connectivity index is 1.55. The Morgan fingerprint density at radius 2 is 1.88 bits per heavy atom. The lowest BCUT2D eigenvalue weighted by atomic mass is 10.2. The van der Waals surface area contributed by atoms with Gasteiger partial charge in [0.05, 0.1) is 12.4 Å². The van der Waals surface area contributed by atoms with Gasteiger partial charge in [0.25, 0.3) is 5.91 Å². The molecule has 8 nitrogen and oxygen atoms in total. The third-order valence-corrected chi connectivity index (χ3v) is 4.48. The van der Waals surface area contributed by atoms with Crippen LogP contribution in [0.15, 0.2) is 36.9 Å². The number of likely N-dealkylation sites (N-methyl/N-ethyl adjacent to an activating group) is 1. The fraction of sp³-hybridized carbons (Fsp3) is 0.389. The van der Waals surface area contributed by atoms with Crippen LogP contribution in [0.1, 0.15) is 16.1 Å². The SMILES string of the molecule is CN(CCc1ccncc1)C(=O)c1cnc(N2CCN(C=O)CC2)cn1. The number of anilines is 1. The van der Waals surface area contributed by atoms with E-state index in [9.17, 15) is 9.59 Å². The Morgan fingerprint density at radius 1 is 1.15 bits per heavy atom. The Bertz CT molecular complexity index is 729. The van der Waals surface area contributed by atoms with Gasteiger partial charge in [0, 0.05) is 52.2 Å². The number of carbonyl (C=O) groups excluding carboxylic acids is 2. The van der Waals surface area contributed by atoms with Crippen LogP contribution in [0.5, 0.6) is 0 Å². The molecule has 0 aliphatic carbocycles. The maximum absolute atomic E-state index is 12.5. The van der Waals surface area contributed by atoms with E-state index in [0.29, 0.717) is 38.4 Å². The van der Waals surface area contributed by atoms with Gasteiger partial charge in [-0.05, 0) is 24.1 Å². The summed E-state index contributed by atoms with van der Waals surface area (Å²) in [7, 11) is 1.76. The zero-order valence-electron chi connectivity index (χ0n) is 14.8. The molecule has 0 radical (unpaired) electrons. The highest BCUT2D eigenvalue weighted by atomic mass is 16.2. The lowest BCUT2D eigenvalue weighted by Crippen LogP contribution is -2.46. The van der Waals surface area contributed by atoms with Gasteiger partial charge in [-0.15, -0.1) is 0 Å². The standard InChI is InChI=1S/C18H22N6O2/c1-22(7-4-15-2-5-19-6-3-15)18(26)16-12-21-17(13-20-16)24-10-8-23(14-25)9-11-24/h2-3,5-6,12-14H,4,7-11H2,1H3. The molecule has 2 aromatic rings. The molecule has 0 bridgehead atoms. The highest BCUT2D eigenvalue weighted by Gasteiger charge is 2.18. The van der Waals surface area contributed by atoms with E-state index in [2.05, 4.69) is 19.9 Å². The van der Waals surface area contributed by atoms with E-state index < -0.39 is 0 Å². The van der Waals surface area contributed by atoms with Gasteiger partial charge < -0.3 is 14.7 Å². The number of amides is 2. The van der Waals surface area contributed by atoms with Gasteiger partial charge in [0.1, 0.15) is 11.5 Å². The summed E-state index contributed by atoms with van der Waals surface area (Å²) in [6.45, 7) is 3.37. The first-order chi connectivity index (χ1) is 12.7. The average molecular weight is 354 g/mol. The minimum atomic E-state index is -0.149. The molecular formula is C18H22N6O2. The zero-order valence-corrected chi connectivity index (χ0v) is 14.8. The molecule has 0 unspecified atom stereocenters. The number of hydrogen-bond acceptors (Lipinski definition) is 6. The van der Waals surface area contributed by atoms with Crippen LogP contribution < -0.4 is 4.90 Å². The summed E-state index contributed by atoms with van der Waals surface area (Å²) in [5.74, 6) is 0.579. The molecule has 0 N–H and O–H groups in total. The normalized spacial score (nSPS) is 14.2. The molecule has 0 spiro atoms. The molecule has 0 atom stereocenters. The Labute approximate surface area is 152 Å². The number of aromatic nitrogens is 3. The predicted molar refractivity (Wildman–Crippen MR) is 96.8 cm³/mol. The zero-order chi connectivity index (χ0) is 18.4. The smallest absolute Gasteiger partial charge is 0.273 e. The summed E-state index contributed by atoms with van der Waals surface area (Å²) in [4.78, 5) is 41.3. The van der Waals surface area contributed by atoms with Crippen LogP contribution in [0.25, 0.3) is 0 Å². The van der Waals surface area contributed by atoms with E-state index >= 15 is 0 Å². The van der Waals surface area contributed by atoms with Crippen molar-refractivity contribution in [3.05, 3.63) is 48.2 Å². The van der Waals surface area contributed by atoms with Crippen molar-refractivity contribution < 1.29 is 9.59 Å². The number of nitrogens with zero attached hydrogens (tertiary/aromatic N) is 6. The number of piperazine rings is 1. The summed E-state index contributed by atoms with van der Waals surface area (Å²) >= 11 is 0. The van der Waals surface area contributed by atoms with Crippen LogP contribution in [-0.4, -0.2) is 76.8 Å². The molecular weight excluding hydrogens is 332 g/mol. The molecule has 26 heavy (non-hydrogen) atoms. The fourth-order valence-corrected chi connectivity index (χ4v) is 2.79. The Hall–Kier alpha value is -3.03. The van der Waals surface area contributed by atoms with Crippen LogP contribution in [0.4, 0.5) is 5.82 Å². The van der Waals surface area contributed by atoms with Gasteiger partial charge >= 0.3 is 0 Å². The van der Waals surface area contributed by atoms with Crippen molar-refractivity contribution in [3.8, 4) is 0 Å². The summed E-state index contributed by atoms with van der Waals surface area (Å²) in [6, 6.07) is 3.88. The van der Waals surface area contributed by atoms with Gasteiger partial charge in [0.2, 0.25) is 6.41 Å². The molecule has 3 heterocycles. The van der Waals surface area contributed by atoms with Crippen molar-refractivity contribution in [3.63, 3.8) is 0 Å². The number of carbonyl (C=O) groups is 2. The summed E-state index contributed by atoms with van der Waals surface area (Å²) < 4.78 is 0. The highest BCUT2D eigenvalue weighted by molar-refractivity contribution is 5.91. The number of pyridine rings is 1. The van der Waals surface area contributed by atoms with E-state index in [1.54, 1.807) is 35.4 Å². The first kappa shape index (κ1) is 17.8. The minimum Gasteiger partial charge on any atom is -0.352 e. The third kappa shape index (κ3) is 4.33. The summed E-state index contributed by atoms with van der Waals surface area (Å²) in [5, 5.41) is 0. The fourth-order valence-electron chi connectivity index (χ4n) is 2.79. The van der Waals surface area contributed by atoms with Gasteiger partial charge in [-0.2, -0.15) is 0 Å². The second kappa shape index (κ2) is 8.37. The Kier molecular flexibility index (Phi) is 5.73. The lowest BCUT2D eigenvalue weighted by molar-refractivity contribution is -0.118. The van der Waals surface area contributed by atoms with Crippen LogP contribution in [0, 0.1) is 0 Å². The third-order valence-electron chi connectivity index (χ3n) is 4.48. The maximum Gasteiger partial charge on any atom is 0.273 e. The van der Waals surface area contributed by atoms with Gasteiger partial charge in [-0.1, -0.05) is 0 Å². The van der Waals surface area contributed by atoms with E-state index in [4.69, 9.17) is 0 Å². The molecule has 1 fully saturated rings. The van der Waals surface area contributed by atoms with E-state index in [1.165, 1.54) is 6.20 Å². The quantitative estimate of drug-likeness (QED) is 0.701. The van der Waals surface area contributed by atoms with E-state index in [-0.39, 0.29) is 5.91 Å². The molecule has 136 valence electrons. The molecule has 2 aromatic heterocycles. The van der Waals surface area contributed by atoms with Crippen LogP contribution in [0.2, 0.25) is 0 Å². The van der Waals surface area contributed by atoms with E-state index in [1.807, 2.05) is 12.1 Å². The second-order valence-electron chi connectivity index (χ2n) is 6.22. The number of rotatable bonds is 6. The Morgan fingerprint density at radius 3 is 2.50 bits per heavy atom. The molecule has 0 aromatic carbocycles. The van der Waals surface area contributed by atoms with Crippen molar-refractivity contribution in [2.75, 3.05) is 44.7 Å². The molecule has 2 amide bonds. The molecule has 3 rings (SSSR count). The lowest BCUT2D eigenvalue weighted by Gasteiger charge is -2.33.